The first-order valence-electron chi connectivity index (χ1n) is 7.80. The summed E-state index contributed by atoms with van der Waals surface area (Å²) < 4.78 is 34.8. The van der Waals surface area contributed by atoms with E-state index >= 15 is 0 Å². The van der Waals surface area contributed by atoms with E-state index in [4.69, 9.17) is 4.74 Å². The van der Waals surface area contributed by atoms with Crippen LogP contribution in [0.4, 0.5) is 0 Å². The largest absolute Gasteiger partial charge is 0.497 e. The predicted octanol–water partition coefficient (Wildman–Crippen LogP) is 2.85. The van der Waals surface area contributed by atoms with Crippen LogP contribution in [0.3, 0.4) is 0 Å². The molecule has 5 nitrogen and oxygen atoms in total. The molecule has 0 fully saturated rings. The highest BCUT2D eigenvalue weighted by molar-refractivity contribution is 7.89. The molecule has 0 saturated carbocycles. The van der Waals surface area contributed by atoms with Gasteiger partial charge in [0, 0.05) is 25.0 Å². The van der Waals surface area contributed by atoms with E-state index in [1.54, 1.807) is 23.5 Å². The summed E-state index contributed by atoms with van der Waals surface area (Å²) in [5.74, 6) is 0.759. The van der Waals surface area contributed by atoms with Crippen molar-refractivity contribution >= 4 is 20.8 Å². The van der Waals surface area contributed by atoms with E-state index in [0.29, 0.717) is 24.5 Å². The third-order valence-corrected chi connectivity index (χ3v) is 6.35. The Hall–Kier alpha value is -2.31. The van der Waals surface area contributed by atoms with Gasteiger partial charge in [-0.15, -0.1) is 0 Å². The highest BCUT2D eigenvalue weighted by atomic mass is 32.2. The van der Waals surface area contributed by atoms with Crippen LogP contribution in [-0.2, 0) is 23.1 Å². The maximum atomic E-state index is 13.0. The third-order valence-electron chi connectivity index (χ3n) is 4.51. The Labute approximate surface area is 141 Å². The molecule has 0 unspecified atom stereocenters. The highest BCUT2D eigenvalue weighted by Crippen LogP contribution is 2.27. The first kappa shape index (κ1) is 15.2. The van der Waals surface area contributed by atoms with Crippen molar-refractivity contribution in [2.45, 2.75) is 18.0 Å². The molecule has 0 bridgehead atoms. The number of ether oxygens (including phenoxy) is 1. The first-order valence-corrected chi connectivity index (χ1v) is 9.24. The molecule has 1 aromatic heterocycles. The zero-order valence-electron chi connectivity index (χ0n) is 13.3. The van der Waals surface area contributed by atoms with Gasteiger partial charge in [0.25, 0.3) is 0 Å². The van der Waals surface area contributed by atoms with Crippen molar-refractivity contribution in [3.63, 3.8) is 0 Å². The first-order chi connectivity index (χ1) is 11.6. The van der Waals surface area contributed by atoms with Gasteiger partial charge in [0.1, 0.15) is 5.75 Å². The topological polar surface area (TPSA) is 51.5 Å². The van der Waals surface area contributed by atoms with Crippen LogP contribution in [0.15, 0.2) is 59.6 Å². The lowest BCUT2D eigenvalue weighted by Crippen LogP contribution is -2.37. The summed E-state index contributed by atoms with van der Waals surface area (Å²) in [6, 6.07) is 14.8. The fourth-order valence-electron chi connectivity index (χ4n) is 3.13. The van der Waals surface area contributed by atoms with Gasteiger partial charge in [0.05, 0.1) is 18.6 Å². The minimum absolute atomic E-state index is 0.333. The summed E-state index contributed by atoms with van der Waals surface area (Å²) in [5, 5.41) is 1.85. The molecule has 4 rings (SSSR count). The molecule has 3 aromatic rings. The van der Waals surface area contributed by atoms with Gasteiger partial charge in [-0.3, -0.25) is 0 Å². The standard InChI is InChI=1S/C18H18N2O3S/c1-23-17-6-4-15-12-18(7-5-14(15)11-17)24(21,22)20-10-9-19-8-2-3-16(19)13-20/h2-8,11-12H,9-10,13H2,1H3. The van der Waals surface area contributed by atoms with E-state index in [0.717, 1.165) is 22.2 Å². The number of sulfonamides is 1. The fraction of sp³-hybridized carbons (Fsp3) is 0.222. The van der Waals surface area contributed by atoms with Crippen LogP contribution in [0.1, 0.15) is 5.69 Å². The number of benzene rings is 2. The zero-order chi connectivity index (χ0) is 16.7. The van der Waals surface area contributed by atoms with Crippen molar-refractivity contribution in [3.8, 4) is 5.75 Å². The Morgan fingerprint density at radius 1 is 1.00 bits per heavy atom. The summed E-state index contributed by atoms with van der Waals surface area (Å²) in [6.45, 7) is 1.59. The molecule has 1 aliphatic heterocycles. The van der Waals surface area contributed by atoms with Crippen LogP contribution in [0.2, 0.25) is 0 Å². The molecule has 0 radical (unpaired) electrons. The molecule has 2 heterocycles. The Bertz CT molecular complexity index is 1010. The van der Waals surface area contributed by atoms with Crippen molar-refractivity contribution in [3.05, 3.63) is 60.4 Å². The van der Waals surface area contributed by atoms with Crippen LogP contribution in [0.25, 0.3) is 10.8 Å². The van der Waals surface area contributed by atoms with Crippen molar-refractivity contribution in [1.82, 2.24) is 8.87 Å². The molecule has 0 saturated heterocycles. The average Bonchev–Trinajstić information content (AvgIpc) is 3.08. The SMILES string of the molecule is COc1ccc2cc(S(=O)(=O)N3CCn4cccc4C3)ccc2c1. The van der Waals surface area contributed by atoms with Gasteiger partial charge in [-0.1, -0.05) is 12.1 Å². The maximum absolute atomic E-state index is 13.0. The summed E-state index contributed by atoms with van der Waals surface area (Å²) in [7, 11) is -1.88. The van der Waals surface area contributed by atoms with Gasteiger partial charge in [-0.05, 0) is 47.2 Å². The minimum Gasteiger partial charge on any atom is -0.497 e. The van der Waals surface area contributed by atoms with Crippen LogP contribution in [0, 0.1) is 0 Å². The van der Waals surface area contributed by atoms with E-state index in [-0.39, 0.29) is 0 Å². The number of methoxy groups -OCH3 is 1. The normalized spacial score (nSPS) is 15.4. The van der Waals surface area contributed by atoms with Gasteiger partial charge in [0.15, 0.2) is 0 Å². The minimum atomic E-state index is -3.50. The lowest BCUT2D eigenvalue weighted by atomic mass is 10.1. The quantitative estimate of drug-likeness (QED) is 0.735. The lowest BCUT2D eigenvalue weighted by Gasteiger charge is -2.28. The van der Waals surface area contributed by atoms with Gasteiger partial charge in [-0.25, -0.2) is 8.42 Å². The number of hydrogen-bond acceptors (Lipinski definition) is 3. The van der Waals surface area contributed by atoms with Crippen LogP contribution in [-0.4, -0.2) is 30.9 Å². The van der Waals surface area contributed by atoms with Crippen molar-refractivity contribution < 1.29 is 13.2 Å². The van der Waals surface area contributed by atoms with Gasteiger partial charge < -0.3 is 9.30 Å². The monoisotopic (exact) mass is 342 g/mol. The number of nitrogens with zero attached hydrogens (tertiary/aromatic N) is 2. The molecule has 0 spiro atoms. The Balaban J connectivity index is 1.70. The summed E-state index contributed by atoms with van der Waals surface area (Å²) in [6.07, 6.45) is 1.99. The highest BCUT2D eigenvalue weighted by Gasteiger charge is 2.28. The average molecular weight is 342 g/mol. The molecule has 0 amide bonds. The van der Waals surface area contributed by atoms with E-state index in [2.05, 4.69) is 4.57 Å². The Morgan fingerprint density at radius 2 is 1.79 bits per heavy atom. The number of fused-ring (bicyclic) bond motifs is 2. The van der Waals surface area contributed by atoms with Gasteiger partial charge >= 0.3 is 0 Å². The Morgan fingerprint density at radius 3 is 2.62 bits per heavy atom. The van der Waals surface area contributed by atoms with E-state index in [1.165, 1.54) is 0 Å². The zero-order valence-corrected chi connectivity index (χ0v) is 14.2. The summed E-state index contributed by atoms with van der Waals surface area (Å²) >= 11 is 0. The van der Waals surface area contributed by atoms with E-state index in [9.17, 15) is 8.42 Å². The third kappa shape index (κ3) is 2.48. The van der Waals surface area contributed by atoms with Crippen LogP contribution < -0.4 is 4.74 Å². The Kier molecular flexibility index (Phi) is 3.58. The van der Waals surface area contributed by atoms with Crippen molar-refractivity contribution in [2.24, 2.45) is 0 Å². The molecule has 24 heavy (non-hydrogen) atoms. The lowest BCUT2D eigenvalue weighted by molar-refractivity contribution is 0.341. The summed E-state index contributed by atoms with van der Waals surface area (Å²) in [4.78, 5) is 0.333. The molecular weight excluding hydrogens is 324 g/mol. The predicted molar refractivity (Wildman–Crippen MR) is 92.5 cm³/mol. The van der Waals surface area contributed by atoms with E-state index < -0.39 is 10.0 Å². The molecular formula is C18H18N2O3S. The van der Waals surface area contributed by atoms with Gasteiger partial charge in [0.2, 0.25) is 10.0 Å². The second-order valence-electron chi connectivity index (χ2n) is 5.91. The van der Waals surface area contributed by atoms with E-state index in [1.807, 2.05) is 42.6 Å². The second-order valence-corrected chi connectivity index (χ2v) is 7.84. The van der Waals surface area contributed by atoms with Crippen LogP contribution in [0.5, 0.6) is 5.75 Å². The molecule has 0 aliphatic carbocycles. The van der Waals surface area contributed by atoms with Crippen molar-refractivity contribution in [2.75, 3.05) is 13.7 Å². The number of hydrogen-bond donors (Lipinski definition) is 0. The second kappa shape index (κ2) is 5.65. The molecule has 0 N–H and O–H groups in total. The number of aromatic nitrogens is 1. The molecule has 0 atom stereocenters. The fourth-order valence-corrected chi connectivity index (χ4v) is 4.57. The molecule has 2 aromatic carbocycles. The molecule has 124 valence electrons. The summed E-state index contributed by atoms with van der Waals surface area (Å²) in [5.41, 5.74) is 1.02. The molecule has 6 heteroatoms. The van der Waals surface area contributed by atoms with Crippen molar-refractivity contribution in [1.29, 1.82) is 0 Å². The number of rotatable bonds is 3. The maximum Gasteiger partial charge on any atom is 0.243 e. The molecule has 1 aliphatic rings. The van der Waals surface area contributed by atoms with Crippen LogP contribution >= 0.6 is 0 Å². The smallest absolute Gasteiger partial charge is 0.243 e. The van der Waals surface area contributed by atoms with Gasteiger partial charge in [-0.2, -0.15) is 4.31 Å².